The Morgan fingerprint density at radius 2 is 1.04 bits per heavy atom. The zero-order chi connectivity index (χ0) is 33.4. The summed E-state index contributed by atoms with van der Waals surface area (Å²) >= 11 is 0. The van der Waals surface area contributed by atoms with Crippen molar-refractivity contribution in [2.45, 2.75) is 200 Å². The molecule has 0 heterocycles. The lowest BCUT2D eigenvalue weighted by atomic mass is 9.99. The third-order valence-corrected chi connectivity index (χ3v) is 8.74. The molecule has 1 unspecified atom stereocenters. The quantitative estimate of drug-likeness (QED) is 0.0372. The van der Waals surface area contributed by atoms with E-state index in [0.29, 0.717) is 25.7 Å². The summed E-state index contributed by atoms with van der Waals surface area (Å²) in [6, 6.07) is 0. The first-order chi connectivity index (χ1) is 21.8. The zero-order valence-corrected chi connectivity index (χ0v) is 29.5. The van der Waals surface area contributed by atoms with Crippen LogP contribution in [0.2, 0.25) is 0 Å². The van der Waals surface area contributed by atoms with E-state index in [4.69, 9.17) is 9.47 Å². The smallest absolute Gasteiger partial charge is 0.305 e. The molecule has 0 spiro atoms. The fraction of sp³-hybridized carbons (Fsp3) is 0.895. The van der Waals surface area contributed by atoms with Crippen LogP contribution in [0.25, 0.3) is 0 Å². The van der Waals surface area contributed by atoms with Gasteiger partial charge in [-0.15, -0.1) is 0 Å². The minimum Gasteiger partial charge on any atom is -0.463 e. The van der Waals surface area contributed by atoms with Crippen LogP contribution in [0.4, 0.5) is 0 Å². The Hall–Kier alpha value is -1.44. The molecule has 7 heteroatoms. The second-order valence-corrected chi connectivity index (χ2v) is 13.3. The number of esters is 2. The Kier molecular flexibility index (Phi) is 31.5. The number of allylic oxidation sites excluding steroid dienone is 1. The molecule has 0 aliphatic heterocycles. The zero-order valence-electron chi connectivity index (χ0n) is 29.5. The molecular formula is C38H72O7. The highest BCUT2D eigenvalue weighted by Crippen LogP contribution is 2.16. The van der Waals surface area contributed by atoms with Crippen LogP contribution in [0.15, 0.2) is 12.2 Å². The van der Waals surface area contributed by atoms with Gasteiger partial charge in [0.2, 0.25) is 0 Å². The molecule has 7 nitrogen and oxygen atoms in total. The molecule has 0 rings (SSSR count). The number of aliphatic hydroxyl groups excluding tert-OH is 3. The summed E-state index contributed by atoms with van der Waals surface area (Å²) in [5.74, 6) is 0.200. The van der Waals surface area contributed by atoms with Crippen molar-refractivity contribution in [2.75, 3.05) is 13.2 Å². The molecular weight excluding hydrogens is 568 g/mol. The van der Waals surface area contributed by atoms with E-state index < -0.39 is 18.3 Å². The maximum Gasteiger partial charge on any atom is 0.305 e. The lowest BCUT2D eigenvalue weighted by molar-refractivity contribution is -0.152. The van der Waals surface area contributed by atoms with Crippen LogP contribution in [0.1, 0.15) is 181 Å². The minimum absolute atomic E-state index is 0.154. The van der Waals surface area contributed by atoms with E-state index in [-0.39, 0.29) is 31.6 Å². The average Bonchev–Trinajstić information content (AvgIpc) is 3.03. The van der Waals surface area contributed by atoms with Crippen LogP contribution in [-0.4, -0.2) is 58.8 Å². The lowest BCUT2D eigenvalue weighted by Gasteiger charge is -2.16. The highest BCUT2D eigenvalue weighted by atomic mass is 16.6. The standard InChI is InChI=1S/C38H72O7/c1-4-6-7-8-17-22-27-35(40)36(41)28-23-18-15-20-25-30-38(43)45-32-34(39)31-44-37(42)29-24-19-14-12-10-9-11-13-16-21-26-33(3)5-2/h17,22,33-36,39-41H,4-16,18-21,23-32H2,1-3H3/b22-17-/t33?,34-,35+,36+/m0/s1. The predicted molar refractivity (Wildman–Crippen MR) is 185 cm³/mol. The van der Waals surface area contributed by atoms with Crippen LogP contribution in [-0.2, 0) is 19.1 Å². The molecule has 0 aromatic carbocycles. The topological polar surface area (TPSA) is 113 Å². The van der Waals surface area contributed by atoms with E-state index in [0.717, 1.165) is 57.3 Å². The summed E-state index contributed by atoms with van der Waals surface area (Å²) in [5, 5.41) is 30.2. The molecule has 0 radical (unpaired) electrons. The Bertz CT molecular complexity index is 696. The number of carbonyl (C=O) groups is 2. The van der Waals surface area contributed by atoms with Crippen LogP contribution >= 0.6 is 0 Å². The Morgan fingerprint density at radius 1 is 0.578 bits per heavy atom. The van der Waals surface area contributed by atoms with Crippen molar-refractivity contribution in [3.05, 3.63) is 12.2 Å². The van der Waals surface area contributed by atoms with Gasteiger partial charge in [0.1, 0.15) is 19.3 Å². The van der Waals surface area contributed by atoms with Crippen molar-refractivity contribution in [1.29, 1.82) is 0 Å². The summed E-state index contributed by atoms with van der Waals surface area (Å²) in [6.45, 7) is 6.47. The summed E-state index contributed by atoms with van der Waals surface area (Å²) in [6.07, 6.45) is 27.1. The van der Waals surface area contributed by atoms with Crippen LogP contribution in [0, 0.1) is 5.92 Å². The Balaban J connectivity index is 3.56. The highest BCUT2D eigenvalue weighted by Gasteiger charge is 2.14. The van der Waals surface area contributed by atoms with E-state index >= 15 is 0 Å². The van der Waals surface area contributed by atoms with Gasteiger partial charge in [-0.25, -0.2) is 0 Å². The second kappa shape index (κ2) is 32.5. The number of rotatable bonds is 33. The molecule has 45 heavy (non-hydrogen) atoms. The third kappa shape index (κ3) is 31.0. The number of unbranched alkanes of at least 4 members (excludes halogenated alkanes) is 16. The van der Waals surface area contributed by atoms with Gasteiger partial charge < -0.3 is 24.8 Å². The van der Waals surface area contributed by atoms with Gasteiger partial charge in [-0.05, 0) is 44.4 Å². The lowest BCUT2D eigenvalue weighted by Crippen LogP contribution is -2.25. The number of aliphatic hydroxyl groups is 3. The van der Waals surface area contributed by atoms with Gasteiger partial charge in [0.25, 0.3) is 0 Å². The van der Waals surface area contributed by atoms with Gasteiger partial charge in [-0.1, -0.05) is 142 Å². The fourth-order valence-electron chi connectivity index (χ4n) is 5.32. The molecule has 0 saturated carbocycles. The summed E-state index contributed by atoms with van der Waals surface area (Å²) < 4.78 is 10.3. The largest absolute Gasteiger partial charge is 0.463 e. The van der Waals surface area contributed by atoms with E-state index in [2.05, 4.69) is 26.8 Å². The van der Waals surface area contributed by atoms with Gasteiger partial charge in [0.05, 0.1) is 12.2 Å². The molecule has 0 fully saturated rings. The SMILES string of the molecule is CCCCC/C=C\C[C@@H](O)[C@H](O)CCCCCCCC(=O)OC[C@@H](O)COC(=O)CCCCCCCCCCCCC(C)CC. The van der Waals surface area contributed by atoms with Crippen molar-refractivity contribution in [3.63, 3.8) is 0 Å². The summed E-state index contributed by atoms with van der Waals surface area (Å²) in [7, 11) is 0. The first-order valence-corrected chi connectivity index (χ1v) is 18.8. The molecule has 3 N–H and O–H groups in total. The molecule has 0 bridgehead atoms. The number of hydrogen-bond acceptors (Lipinski definition) is 7. The van der Waals surface area contributed by atoms with Crippen molar-refractivity contribution < 1.29 is 34.4 Å². The Morgan fingerprint density at radius 3 is 1.53 bits per heavy atom. The monoisotopic (exact) mass is 641 g/mol. The third-order valence-electron chi connectivity index (χ3n) is 8.74. The van der Waals surface area contributed by atoms with Crippen LogP contribution < -0.4 is 0 Å². The van der Waals surface area contributed by atoms with Crippen molar-refractivity contribution >= 4 is 11.9 Å². The van der Waals surface area contributed by atoms with Gasteiger partial charge >= 0.3 is 11.9 Å². The average molecular weight is 641 g/mol. The number of carbonyl (C=O) groups excluding carboxylic acids is 2. The summed E-state index contributed by atoms with van der Waals surface area (Å²) in [5.41, 5.74) is 0. The minimum atomic E-state index is -1.01. The van der Waals surface area contributed by atoms with E-state index in [1.54, 1.807) is 0 Å². The van der Waals surface area contributed by atoms with Crippen molar-refractivity contribution in [2.24, 2.45) is 5.92 Å². The first kappa shape index (κ1) is 43.6. The maximum atomic E-state index is 12.0. The van der Waals surface area contributed by atoms with Gasteiger partial charge in [0.15, 0.2) is 0 Å². The molecule has 0 aromatic heterocycles. The van der Waals surface area contributed by atoms with Crippen LogP contribution in [0.5, 0.6) is 0 Å². The van der Waals surface area contributed by atoms with E-state index in [1.165, 1.54) is 77.0 Å². The fourth-order valence-corrected chi connectivity index (χ4v) is 5.32. The Labute approximate surface area is 276 Å². The van der Waals surface area contributed by atoms with Crippen LogP contribution in [0.3, 0.4) is 0 Å². The highest BCUT2D eigenvalue weighted by molar-refractivity contribution is 5.69. The summed E-state index contributed by atoms with van der Waals surface area (Å²) in [4.78, 5) is 23.9. The molecule has 0 aliphatic carbocycles. The van der Waals surface area contributed by atoms with Crippen molar-refractivity contribution in [1.82, 2.24) is 0 Å². The molecule has 0 saturated heterocycles. The van der Waals surface area contributed by atoms with E-state index in [9.17, 15) is 24.9 Å². The molecule has 266 valence electrons. The van der Waals surface area contributed by atoms with Gasteiger partial charge in [-0.3, -0.25) is 9.59 Å². The van der Waals surface area contributed by atoms with Gasteiger partial charge in [0, 0.05) is 12.8 Å². The van der Waals surface area contributed by atoms with E-state index in [1.807, 2.05) is 6.08 Å². The normalized spacial score (nSPS) is 14.4. The molecule has 4 atom stereocenters. The molecule has 0 aliphatic rings. The predicted octanol–water partition coefficient (Wildman–Crippen LogP) is 9.14. The van der Waals surface area contributed by atoms with Crippen molar-refractivity contribution in [3.8, 4) is 0 Å². The van der Waals surface area contributed by atoms with Gasteiger partial charge in [-0.2, -0.15) is 0 Å². The first-order valence-electron chi connectivity index (χ1n) is 18.8. The number of hydrogen-bond donors (Lipinski definition) is 3. The number of ether oxygens (including phenoxy) is 2. The molecule has 0 aromatic rings. The second-order valence-electron chi connectivity index (χ2n) is 13.3. The maximum absolute atomic E-state index is 12.0. The molecule has 0 amide bonds.